The maximum absolute atomic E-state index is 15.3. The Kier molecular flexibility index (Phi) is 8.80. The summed E-state index contributed by atoms with van der Waals surface area (Å²) in [4.78, 5) is 0. The quantitative estimate of drug-likeness (QED) is 0.144. The Balaban J connectivity index is 1.46. The molecule has 4 rings (SSSR count). The molecule has 0 spiro atoms. The van der Waals surface area contributed by atoms with Gasteiger partial charge in [-0.25, -0.2) is 13.2 Å². The third-order valence-electron chi connectivity index (χ3n) is 6.58. The van der Waals surface area contributed by atoms with Crippen LogP contribution in [0.15, 0.2) is 66.7 Å². The minimum Gasteiger partial charge on any atom is -0.429 e. The summed E-state index contributed by atoms with van der Waals surface area (Å²) in [5, 5.41) is 0.974. The fourth-order valence-corrected chi connectivity index (χ4v) is 4.55. The van der Waals surface area contributed by atoms with E-state index in [2.05, 4.69) is 35.9 Å². The molecule has 4 aromatic carbocycles. The van der Waals surface area contributed by atoms with Crippen molar-refractivity contribution < 1.29 is 26.7 Å². The first-order valence-electron chi connectivity index (χ1n) is 12.6. The van der Waals surface area contributed by atoms with Crippen molar-refractivity contribution in [2.75, 3.05) is 0 Å². The van der Waals surface area contributed by atoms with Gasteiger partial charge in [0.1, 0.15) is 5.82 Å². The highest BCUT2D eigenvalue weighted by atomic mass is 19.3. The van der Waals surface area contributed by atoms with Crippen LogP contribution >= 0.6 is 0 Å². The van der Waals surface area contributed by atoms with Gasteiger partial charge >= 0.3 is 6.61 Å². The maximum Gasteiger partial charge on any atom is 0.387 e. The zero-order chi connectivity index (χ0) is 26.4. The van der Waals surface area contributed by atoms with Crippen LogP contribution in [0, 0.1) is 17.5 Å². The van der Waals surface area contributed by atoms with Crippen LogP contribution in [0.5, 0.6) is 5.75 Å². The van der Waals surface area contributed by atoms with E-state index in [4.69, 9.17) is 0 Å². The minimum absolute atomic E-state index is 0.0311. The van der Waals surface area contributed by atoms with Crippen molar-refractivity contribution in [1.82, 2.24) is 0 Å². The molecule has 0 saturated heterocycles. The second-order valence-corrected chi connectivity index (χ2v) is 9.26. The standard InChI is InChI=1S/C31H29F5O/c1-2-3-4-5-6-20-7-9-21(10-8-20)11-12-22-13-15-25-23(17-22)14-16-26(29(25)34)24-18-27(32)30(28(33)19-24)37-31(35)36/h7-10,13-19,31H,2-6,11-12H2,1H3. The first-order valence-corrected chi connectivity index (χ1v) is 12.6. The molecule has 1 nitrogen and oxygen atoms in total. The normalized spacial score (nSPS) is 11.4. The van der Waals surface area contributed by atoms with Crippen LogP contribution in [0.25, 0.3) is 21.9 Å². The Morgan fingerprint density at radius 3 is 1.95 bits per heavy atom. The number of hydrogen-bond donors (Lipinski definition) is 0. The molecule has 0 bridgehead atoms. The van der Waals surface area contributed by atoms with E-state index in [-0.39, 0.29) is 11.1 Å². The van der Waals surface area contributed by atoms with E-state index in [0.29, 0.717) is 10.8 Å². The van der Waals surface area contributed by atoms with Crippen LogP contribution < -0.4 is 4.74 Å². The number of unbranched alkanes of at least 4 members (excludes halogenated alkanes) is 3. The van der Waals surface area contributed by atoms with Crippen molar-refractivity contribution in [1.29, 1.82) is 0 Å². The molecule has 0 heterocycles. The van der Waals surface area contributed by atoms with Gasteiger partial charge in [0.15, 0.2) is 17.4 Å². The summed E-state index contributed by atoms with van der Waals surface area (Å²) in [5.74, 6) is -4.48. The van der Waals surface area contributed by atoms with Gasteiger partial charge in [-0.15, -0.1) is 0 Å². The van der Waals surface area contributed by atoms with Crippen LogP contribution in [-0.4, -0.2) is 6.61 Å². The van der Waals surface area contributed by atoms with Crippen molar-refractivity contribution in [3.8, 4) is 16.9 Å². The summed E-state index contributed by atoms with van der Waals surface area (Å²) in [6.07, 6.45) is 7.73. The van der Waals surface area contributed by atoms with Gasteiger partial charge in [0.25, 0.3) is 0 Å². The van der Waals surface area contributed by atoms with E-state index in [9.17, 15) is 17.6 Å². The Hall–Kier alpha value is -3.41. The molecule has 0 amide bonds. The number of ether oxygens (including phenoxy) is 1. The van der Waals surface area contributed by atoms with Crippen LogP contribution in [0.3, 0.4) is 0 Å². The molecule has 0 aliphatic rings. The number of alkyl halides is 2. The van der Waals surface area contributed by atoms with E-state index >= 15 is 4.39 Å². The highest BCUT2D eigenvalue weighted by Crippen LogP contribution is 2.34. The van der Waals surface area contributed by atoms with E-state index < -0.39 is 29.8 Å². The predicted molar refractivity (Wildman–Crippen MR) is 138 cm³/mol. The van der Waals surface area contributed by atoms with E-state index in [1.54, 1.807) is 12.1 Å². The van der Waals surface area contributed by atoms with Crippen LogP contribution in [0.1, 0.15) is 49.3 Å². The summed E-state index contributed by atoms with van der Waals surface area (Å²) >= 11 is 0. The van der Waals surface area contributed by atoms with Crippen molar-refractivity contribution in [3.63, 3.8) is 0 Å². The highest BCUT2D eigenvalue weighted by Gasteiger charge is 2.19. The molecule has 0 radical (unpaired) electrons. The highest BCUT2D eigenvalue weighted by molar-refractivity contribution is 5.89. The average Bonchev–Trinajstić information content (AvgIpc) is 2.88. The van der Waals surface area contributed by atoms with Crippen molar-refractivity contribution >= 4 is 10.8 Å². The molecular formula is C31H29F5O. The summed E-state index contributed by atoms with van der Waals surface area (Å²) in [5.41, 5.74) is 3.51. The molecule has 0 fully saturated rings. The number of aryl methyl sites for hydroxylation is 3. The Morgan fingerprint density at radius 2 is 1.30 bits per heavy atom. The van der Waals surface area contributed by atoms with Gasteiger partial charge in [0.2, 0.25) is 0 Å². The molecular weight excluding hydrogens is 483 g/mol. The Labute approximate surface area is 213 Å². The van der Waals surface area contributed by atoms with E-state index in [0.717, 1.165) is 37.0 Å². The largest absolute Gasteiger partial charge is 0.429 e. The molecule has 0 aliphatic carbocycles. The fourth-order valence-electron chi connectivity index (χ4n) is 4.55. The zero-order valence-corrected chi connectivity index (χ0v) is 20.7. The summed E-state index contributed by atoms with van der Waals surface area (Å²) in [6, 6.07) is 18.8. The first kappa shape index (κ1) is 26.6. The summed E-state index contributed by atoms with van der Waals surface area (Å²) < 4.78 is 72.3. The lowest BCUT2D eigenvalue weighted by Gasteiger charge is -2.12. The minimum atomic E-state index is -3.37. The second-order valence-electron chi connectivity index (χ2n) is 9.26. The molecule has 0 aromatic heterocycles. The monoisotopic (exact) mass is 512 g/mol. The lowest BCUT2D eigenvalue weighted by atomic mass is 9.96. The third kappa shape index (κ3) is 6.68. The lowest BCUT2D eigenvalue weighted by molar-refractivity contribution is -0.0546. The topological polar surface area (TPSA) is 9.23 Å². The van der Waals surface area contributed by atoms with Crippen LogP contribution in [0.4, 0.5) is 22.0 Å². The Bertz CT molecular complexity index is 1330. The number of fused-ring (bicyclic) bond motifs is 1. The zero-order valence-electron chi connectivity index (χ0n) is 20.7. The molecule has 0 atom stereocenters. The van der Waals surface area contributed by atoms with Gasteiger partial charge in [0.05, 0.1) is 0 Å². The van der Waals surface area contributed by atoms with Gasteiger partial charge in [-0.05, 0) is 65.5 Å². The number of rotatable bonds is 11. The molecule has 0 unspecified atom stereocenters. The molecule has 37 heavy (non-hydrogen) atoms. The SMILES string of the molecule is CCCCCCc1ccc(CCc2ccc3c(F)c(-c4cc(F)c(OC(F)F)c(F)c4)ccc3c2)cc1. The average molecular weight is 513 g/mol. The smallest absolute Gasteiger partial charge is 0.387 e. The fraction of sp³-hybridized carbons (Fsp3) is 0.290. The molecule has 0 saturated carbocycles. The first-order chi connectivity index (χ1) is 17.9. The summed E-state index contributed by atoms with van der Waals surface area (Å²) in [7, 11) is 0. The van der Waals surface area contributed by atoms with E-state index in [1.165, 1.54) is 42.9 Å². The molecule has 0 N–H and O–H groups in total. The molecule has 0 aliphatic heterocycles. The second kappa shape index (κ2) is 12.2. The molecule has 4 aromatic rings. The number of halogens is 5. The van der Waals surface area contributed by atoms with Crippen LogP contribution in [-0.2, 0) is 19.3 Å². The number of benzene rings is 4. The van der Waals surface area contributed by atoms with Gasteiger partial charge < -0.3 is 4.74 Å². The van der Waals surface area contributed by atoms with Crippen molar-refractivity contribution in [2.45, 2.75) is 58.5 Å². The van der Waals surface area contributed by atoms with Crippen molar-refractivity contribution in [3.05, 3.63) is 101 Å². The van der Waals surface area contributed by atoms with Gasteiger partial charge in [0, 0.05) is 10.9 Å². The van der Waals surface area contributed by atoms with Gasteiger partial charge in [-0.3, -0.25) is 0 Å². The molecule has 6 heteroatoms. The summed E-state index contributed by atoms with van der Waals surface area (Å²) in [6.45, 7) is -1.16. The van der Waals surface area contributed by atoms with Gasteiger partial charge in [-0.2, -0.15) is 8.78 Å². The Morgan fingerprint density at radius 1 is 0.676 bits per heavy atom. The lowest BCUT2D eigenvalue weighted by Crippen LogP contribution is -2.06. The predicted octanol–water partition coefficient (Wildman–Crippen LogP) is 9.43. The molecule has 194 valence electrons. The third-order valence-corrected chi connectivity index (χ3v) is 6.58. The van der Waals surface area contributed by atoms with Gasteiger partial charge in [-0.1, -0.05) is 80.8 Å². The number of hydrogen-bond acceptors (Lipinski definition) is 1. The maximum atomic E-state index is 15.3. The van der Waals surface area contributed by atoms with E-state index in [1.807, 2.05) is 12.1 Å². The van der Waals surface area contributed by atoms with Crippen molar-refractivity contribution in [2.24, 2.45) is 0 Å². The van der Waals surface area contributed by atoms with Crippen LogP contribution in [0.2, 0.25) is 0 Å².